The monoisotopic (exact) mass is 258 g/mol. The Labute approximate surface area is 99.7 Å². The van der Waals surface area contributed by atoms with Crippen LogP contribution in [0.5, 0.6) is 0 Å². The van der Waals surface area contributed by atoms with Gasteiger partial charge in [0.1, 0.15) is 23.8 Å². The SMILES string of the molecule is N#CN=c1scnn1[C@@H]1O[C@H](CO)[C@@H](O)[C@H]1O. The van der Waals surface area contributed by atoms with Crippen LogP contribution in [0.15, 0.2) is 10.5 Å². The van der Waals surface area contributed by atoms with Gasteiger partial charge in [0.15, 0.2) is 6.23 Å². The number of hydrogen-bond acceptors (Lipinski definition) is 8. The topological polar surface area (TPSA) is 124 Å². The highest BCUT2D eigenvalue weighted by molar-refractivity contribution is 7.06. The summed E-state index contributed by atoms with van der Waals surface area (Å²) in [4.78, 5) is 3.76. The van der Waals surface area contributed by atoms with Gasteiger partial charge in [-0.3, -0.25) is 0 Å². The van der Waals surface area contributed by atoms with Crippen molar-refractivity contribution in [3.63, 3.8) is 0 Å². The van der Waals surface area contributed by atoms with E-state index in [4.69, 9.17) is 15.1 Å². The van der Waals surface area contributed by atoms with E-state index in [0.717, 1.165) is 11.3 Å². The Bertz CT molecular complexity index is 492. The molecule has 0 saturated carbocycles. The molecule has 8 nitrogen and oxygen atoms in total. The second-order valence-corrected chi connectivity index (χ2v) is 4.22. The zero-order chi connectivity index (χ0) is 12.4. The van der Waals surface area contributed by atoms with Crippen molar-refractivity contribution < 1.29 is 20.1 Å². The molecule has 2 heterocycles. The van der Waals surface area contributed by atoms with Crippen LogP contribution in [0.2, 0.25) is 0 Å². The van der Waals surface area contributed by atoms with Crippen LogP contribution in [0.4, 0.5) is 0 Å². The number of aliphatic hydroxyl groups is 3. The van der Waals surface area contributed by atoms with Crippen molar-refractivity contribution in [1.82, 2.24) is 9.78 Å². The number of aromatic nitrogens is 2. The lowest BCUT2D eigenvalue weighted by Gasteiger charge is -2.14. The lowest BCUT2D eigenvalue weighted by molar-refractivity contribution is -0.0602. The first-order chi connectivity index (χ1) is 8.19. The quantitative estimate of drug-likeness (QED) is 0.524. The number of aliphatic hydroxyl groups excluding tert-OH is 3. The molecule has 17 heavy (non-hydrogen) atoms. The molecule has 1 aliphatic heterocycles. The van der Waals surface area contributed by atoms with Gasteiger partial charge in [-0.1, -0.05) is 11.3 Å². The van der Waals surface area contributed by atoms with Crippen molar-refractivity contribution in [2.45, 2.75) is 24.5 Å². The molecular weight excluding hydrogens is 248 g/mol. The first-order valence-electron chi connectivity index (χ1n) is 4.76. The summed E-state index contributed by atoms with van der Waals surface area (Å²) in [5.41, 5.74) is 1.44. The number of hydrogen-bond donors (Lipinski definition) is 3. The van der Waals surface area contributed by atoms with Crippen molar-refractivity contribution in [2.75, 3.05) is 6.61 Å². The van der Waals surface area contributed by atoms with Gasteiger partial charge in [-0.05, 0) is 0 Å². The molecule has 1 saturated heterocycles. The summed E-state index contributed by atoms with van der Waals surface area (Å²) in [5.74, 6) is 0. The lowest BCUT2D eigenvalue weighted by Crippen LogP contribution is -2.35. The Kier molecular flexibility index (Phi) is 3.51. The second kappa shape index (κ2) is 4.91. The first kappa shape index (κ1) is 12.2. The molecule has 1 aromatic heterocycles. The third kappa shape index (κ3) is 2.08. The molecule has 4 atom stereocenters. The predicted octanol–water partition coefficient (Wildman–Crippen LogP) is -2.06. The van der Waals surface area contributed by atoms with Crippen LogP contribution in [0.1, 0.15) is 6.23 Å². The fourth-order valence-electron chi connectivity index (χ4n) is 1.60. The van der Waals surface area contributed by atoms with Gasteiger partial charge in [-0.15, -0.1) is 4.99 Å². The molecule has 92 valence electrons. The third-order valence-electron chi connectivity index (χ3n) is 2.43. The Hall–Kier alpha value is -1.31. The summed E-state index contributed by atoms with van der Waals surface area (Å²) in [5, 5.41) is 40.6. The standard InChI is InChI=1S/C8H10N4O4S/c9-2-10-8-12(11-3-17-8)7-6(15)5(14)4(1-13)16-7/h3-7,13-15H,1H2/t4-,5-,6-,7-/m1/s1. The third-order valence-corrected chi connectivity index (χ3v) is 3.12. The Morgan fingerprint density at radius 1 is 1.59 bits per heavy atom. The van der Waals surface area contributed by atoms with Gasteiger partial charge in [-0.2, -0.15) is 10.4 Å². The van der Waals surface area contributed by atoms with Crippen LogP contribution >= 0.6 is 11.3 Å². The normalized spacial score (nSPS) is 33.9. The molecule has 0 unspecified atom stereocenters. The van der Waals surface area contributed by atoms with E-state index in [1.165, 1.54) is 10.2 Å². The summed E-state index contributed by atoms with van der Waals surface area (Å²) in [6.07, 6.45) is -2.65. The van der Waals surface area contributed by atoms with E-state index in [0.29, 0.717) is 0 Å². The second-order valence-electron chi connectivity index (χ2n) is 3.41. The highest BCUT2D eigenvalue weighted by Crippen LogP contribution is 2.27. The Morgan fingerprint density at radius 3 is 2.94 bits per heavy atom. The maximum Gasteiger partial charge on any atom is 0.221 e. The molecule has 1 fully saturated rings. The summed E-state index contributed by atoms with van der Waals surface area (Å²) >= 11 is 1.10. The highest BCUT2D eigenvalue weighted by Gasteiger charge is 2.44. The van der Waals surface area contributed by atoms with Gasteiger partial charge < -0.3 is 20.1 Å². The fraction of sp³-hybridized carbons (Fsp3) is 0.625. The van der Waals surface area contributed by atoms with E-state index >= 15 is 0 Å². The average Bonchev–Trinajstić information content (AvgIpc) is 2.87. The van der Waals surface area contributed by atoms with Crippen LogP contribution in [0.25, 0.3) is 0 Å². The Balaban J connectivity index is 2.33. The van der Waals surface area contributed by atoms with Crippen molar-refractivity contribution in [1.29, 1.82) is 5.26 Å². The van der Waals surface area contributed by atoms with E-state index in [1.807, 2.05) is 0 Å². The van der Waals surface area contributed by atoms with E-state index < -0.39 is 31.1 Å². The Morgan fingerprint density at radius 2 is 2.35 bits per heavy atom. The van der Waals surface area contributed by atoms with Gasteiger partial charge in [0.25, 0.3) is 0 Å². The molecule has 2 rings (SSSR count). The molecule has 3 N–H and O–H groups in total. The molecule has 1 aliphatic rings. The van der Waals surface area contributed by atoms with Gasteiger partial charge >= 0.3 is 0 Å². The fourth-order valence-corrected chi connectivity index (χ4v) is 2.20. The minimum absolute atomic E-state index is 0.252. The highest BCUT2D eigenvalue weighted by atomic mass is 32.1. The first-order valence-corrected chi connectivity index (χ1v) is 5.64. The van der Waals surface area contributed by atoms with Gasteiger partial charge in [0.05, 0.1) is 6.61 Å². The van der Waals surface area contributed by atoms with Crippen molar-refractivity contribution in [3.8, 4) is 6.19 Å². The maximum atomic E-state index is 9.76. The van der Waals surface area contributed by atoms with Crippen molar-refractivity contribution in [3.05, 3.63) is 10.3 Å². The lowest BCUT2D eigenvalue weighted by atomic mass is 10.1. The molecular formula is C8H10N4O4S. The minimum atomic E-state index is -1.23. The predicted molar refractivity (Wildman–Crippen MR) is 54.3 cm³/mol. The van der Waals surface area contributed by atoms with E-state index in [-0.39, 0.29) is 4.80 Å². The van der Waals surface area contributed by atoms with Crippen LogP contribution in [-0.4, -0.2) is 50.0 Å². The van der Waals surface area contributed by atoms with Crippen molar-refractivity contribution in [2.24, 2.45) is 4.99 Å². The zero-order valence-electron chi connectivity index (χ0n) is 8.54. The van der Waals surface area contributed by atoms with Crippen LogP contribution in [0.3, 0.4) is 0 Å². The van der Waals surface area contributed by atoms with Crippen LogP contribution < -0.4 is 4.80 Å². The molecule has 0 aliphatic carbocycles. The average molecular weight is 258 g/mol. The van der Waals surface area contributed by atoms with E-state index in [9.17, 15) is 10.2 Å². The molecule has 0 spiro atoms. The van der Waals surface area contributed by atoms with Gasteiger partial charge in [-0.25, -0.2) is 4.68 Å². The summed E-state index contributed by atoms with van der Waals surface area (Å²) in [7, 11) is 0. The molecule has 9 heteroatoms. The van der Waals surface area contributed by atoms with Gasteiger partial charge in [0.2, 0.25) is 11.0 Å². The number of rotatable bonds is 2. The van der Waals surface area contributed by atoms with Crippen molar-refractivity contribution >= 4 is 11.3 Å². The number of ether oxygens (including phenoxy) is 1. The van der Waals surface area contributed by atoms with Crippen LogP contribution in [-0.2, 0) is 4.74 Å². The minimum Gasteiger partial charge on any atom is -0.394 e. The zero-order valence-corrected chi connectivity index (χ0v) is 9.36. The maximum absolute atomic E-state index is 9.76. The van der Waals surface area contributed by atoms with Gasteiger partial charge in [0, 0.05) is 0 Å². The molecule has 0 aromatic carbocycles. The molecule has 0 amide bonds. The number of nitrogens with zero attached hydrogens (tertiary/aromatic N) is 4. The summed E-state index contributed by atoms with van der Waals surface area (Å²) < 4.78 is 6.46. The molecule has 1 aromatic rings. The molecule has 0 bridgehead atoms. The van der Waals surface area contributed by atoms with E-state index in [2.05, 4.69) is 10.1 Å². The largest absolute Gasteiger partial charge is 0.394 e. The summed E-state index contributed by atoms with van der Waals surface area (Å²) in [6.45, 7) is -0.413. The van der Waals surface area contributed by atoms with E-state index in [1.54, 1.807) is 6.19 Å². The summed E-state index contributed by atoms with van der Waals surface area (Å²) in [6, 6.07) is 0. The van der Waals surface area contributed by atoms with Crippen LogP contribution in [0, 0.1) is 11.5 Å². The molecule has 0 radical (unpaired) electrons. The number of nitriles is 1. The smallest absolute Gasteiger partial charge is 0.221 e.